The Balaban J connectivity index is 2.36. The van der Waals surface area contributed by atoms with Crippen molar-refractivity contribution in [2.75, 3.05) is 5.32 Å². The predicted octanol–water partition coefficient (Wildman–Crippen LogP) is -0.541. The van der Waals surface area contributed by atoms with Crippen LogP contribution in [0.2, 0.25) is 0 Å². The zero-order valence-corrected chi connectivity index (χ0v) is 18.8. The summed E-state index contributed by atoms with van der Waals surface area (Å²) in [5, 5.41) is 23.0. The number of hydrogen-bond acceptors (Lipinski definition) is 10. The number of anilines is 1. The SMILES string of the molecule is CCC(F)(C[C@H]1O[C@@H](n2cc(COC(C)=O)c(NC(C)=O)nc2=O)[C@H](O)[C@@H]1O)OP(=O)(O)O. The van der Waals surface area contributed by atoms with E-state index in [-0.39, 0.29) is 11.4 Å². The molecule has 0 radical (unpaired) electrons. The number of esters is 1. The van der Waals surface area contributed by atoms with Crippen molar-refractivity contribution in [2.45, 2.75) is 70.6 Å². The third-order valence-electron chi connectivity index (χ3n) is 4.68. The molecule has 0 aliphatic carbocycles. The highest BCUT2D eigenvalue weighted by Crippen LogP contribution is 2.46. The lowest BCUT2D eigenvalue weighted by molar-refractivity contribution is -0.142. The monoisotopic (exact) mass is 497 g/mol. The van der Waals surface area contributed by atoms with Gasteiger partial charge in [0, 0.05) is 38.4 Å². The minimum Gasteiger partial charge on any atom is -0.461 e. The average molecular weight is 497 g/mol. The summed E-state index contributed by atoms with van der Waals surface area (Å²) >= 11 is 0. The van der Waals surface area contributed by atoms with Crippen LogP contribution in [0.3, 0.4) is 0 Å². The molecule has 1 saturated heterocycles. The largest absolute Gasteiger partial charge is 0.472 e. The summed E-state index contributed by atoms with van der Waals surface area (Å²) < 4.78 is 41.1. The van der Waals surface area contributed by atoms with Crippen LogP contribution in [0.4, 0.5) is 10.2 Å². The first kappa shape index (κ1) is 27.0. The van der Waals surface area contributed by atoms with E-state index in [9.17, 15) is 33.6 Å². The number of alkyl halides is 1. The van der Waals surface area contributed by atoms with E-state index in [1.165, 1.54) is 6.92 Å². The van der Waals surface area contributed by atoms with Crippen molar-refractivity contribution in [1.82, 2.24) is 9.55 Å². The number of phosphoric acid groups is 1. The second-order valence-corrected chi connectivity index (χ2v) is 8.50. The van der Waals surface area contributed by atoms with Gasteiger partial charge in [0.25, 0.3) is 0 Å². The zero-order chi connectivity index (χ0) is 25.1. The van der Waals surface area contributed by atoms with Crippen LogP contribution in [0.15, 0.2) is 11.0 Å². The van der Waals surface area contributed by atoms with E-state index in [1.807, 2.05) is 0 Å². The number of nitrogens with zero attached hydrogens (tertiary/aromatic N) is 2. The molecule has 0 spiro atoms. The van der Waals surface area contributed by atoms with Gasteiger partial charge >= 0.3 is 19.5 Å². The van der Waals surface area contributed by atoms with Gasteiger partial charge in [0.05, 0.1) is 6.10 Å². The van der Waals surface area contributed by atoms with Gasteiger partial charge in [-0.05, 0) is 0 Å². The lowest BCUT2D eigenvalue weighted by atomic mass is 10.0. The van der Waals surface area contributed by atoms with Gasteiger partial charge in [-0.2, -0.15) is 4.98 Å². The molecule has 0 saturated carbocycles. The fraction of sp³-hybridized carbons (Fsp3) is 0.647. The van der Waals surface area contributed by atoms with Crippen molar-refractivity contribution in [3.05, 3.63) is 22.2 Å². The summed E-state index contributed by atoms with van der Waals surface area (Å²) in [6, 6.07) is 0. The van der Waals surface area contributed by atoms with Crippen molar-refractivity contribution in [3.63, 3.8) is 0 Å². The lowest BCUT2D eigenvalue weighted by Crippen LogP contribution is -2.38. The second kappa shape index (κ2) is 10.3. The van der Waals surface area contributed by atoms with E-state index >= 15 is 0 Å². The number of rotatable bonds is 9. The van der Waals surface area contributed by atoms with Crippen LogP contribution in [0.5, 0.6) is 0 Å². The Hall–Kier alpha value is -2.26. The number of hydrogen-bond donors (Lipinski definition) is 5. The summed E-state index contributed by atoms with van der Waals surface area (Å²) in [4.78, 5) is 56.6. The quantitative estimate of drug-likeness (QED) is 0.215. The molecule has 0 aromatic carbocycles. The van der Waals surface area contributed by atoms with Crippen LogP contribution in [-0.4, -0.2) is 65.6 Å². The van der Waals surface area contributed by atoms with Gasteiger partial charge < -0.3 is 34.8 Å². The maximum atomic E-state index is 14.8. The Morgan fingerprint density at radius 2 is 1.97 bits per heavy atom. The number of nitrogens with one attached hydrogen (secondary N) is 1. The molecule has 1 aromatic rings. The van der Waals surface area contributed by atoms with Crippen molar-refractivity contribution in [2.24, 2.45) is 0 Å². The molecule has 33 heavy (non-hydrogen) atoms. The molecule has 1 unspecified atom stereocenters. The van der Waals surface area contributed by atoms with Gasteiger partial charge in [-0.1, -0.05) is 6.92 Å². The van der Waals surface area contributed by atoms with Gasteiger partial charge in [0.1, 0.15) is 24.6 Å². The first-order chi connectivity index (χ1) is 15.2. The fourth-order valence-electron chi connectivity index (χ4n) is 3.14. The number of phosphoric ester groups is 1. The number of amides is 1. The van der Waals surface area contributed by atoms with Crippen LogP contribution in [-0.2, 0) is 34.8 Å². The van der Waals surface area contributed by atoms with E-state index in [1.54, 1.807) is 0 Å². The predicted molar refractivity (Wildman–Crippen MR) is 106 cm³/mol. The smallest absolute Gasteiger partial charge is 0.461 e. The molecule has 16 heteroatoms. The van der Waals surface area contributed by atoms with E-state index in [0.29, 0.717) is 0 Å². The van der Waals surface area contributed by atoms with Gasteiger partial charge in [-0.3, -0.25) is 14.2 Å². The highest BCUT2D eigenvalue weighted by molar-refractivity contribution is 7.46. The van der Waals surface area contributed by atoms with Gasteiger partial charge in [-0.25, -0.2) is 18.3 Å². The van der Waals surface area contributed by atoms with Crippen molar-refractivity contribution in [1.29, 1.82) is 0 Å². The standard InChI is InChI=1S/C17H25FN3O11P/c1-4-17(18,32-33(27,28)29)5-11-12(24)13(25)15(31-11)21-6-10(7-30-9(3)23)14(19-8(2)22)20-16(21)26/h6,11-13,15,24-25H,4-5,7H2,1-3H3,(H2,27,28,29)(H,19,20,22,26)/t11-,12-,13-,15-,17?/m1/s1. The maximum absolute atomic E-state index is 14.8. The molecule has 186 valence electrons. The minimum atomic E-state index is -5.23. The maximum Gasteiger partial charge on any atom is 0.472 e. The minimum absolute atomic E-state index is 0.0481. The number of aliphatic hydroxyl groups excluding tert-OH is 2. The van der Waals surface area contributed by atoms with Gasteiger partial charge in [0.15, 0.2) is 6.23 Å². The highest BCUT2D eigenvalue weighted by atomic mass is 31.2. The number of halogens is 1. The van der Waals surface area contributed by atoms with E-state index in [0.717, 1.165) is 24.6 Å². The van der Waals surface area contributed by atoms with E-state index in [2.05, 4.69) is 14.8 Å². The highest BCUT2D eigenvalue weighted by Gasteiger charge is 2.49. The molecule has 0 bridgehead atoms. The Bertz CT molecular complexity index is 999. The molecule has 2 heterocycles. The molecule has 1 aromatic heterocycles. The van der Waals surface area contributed by atoms with Crippen molar-refractivity contribution in [3.8, 4) is 0 Å². The summed E-state index contributed by atoms with van der Waals surface area (Å²) in [5.74, 6) is -4.35. The third-order valence-corrected chi connectivity index (χ3v) is 5.25. The Kier molecular flexibility index (Phi) is 8.46. The third kappa shape index (κ3) is 7.11. The normalized spacial score (nSPS) is 24.8. The number of aromatic nitrogens is 2. The molecular formula is C17H25FN3O11P. The number of ether oxygens (including phenoxy) is 2. The Labute approximate surface area is 186 Å². The number of aliphatic hydroxyl groups is 2. The van der Waals surface area contributed by atoms with Crippen LogP contribution >= 0.6 is 7.82 Å². The summed E-state index contributed by atoms with van der Waals surface area (Å²) in [6.07, 6.45) is -7.00. The Morgan fingerprint density at radius 3 is 2.48 bits per heavy atom. The first-order valence-corrected chi connectivity index (χ1v) is 11.2. The van der Waals surface area contributed by atoms with Crippen LogP contribution < -0.4 is 11.0 Å². The summed E-state index contributed by atoms with van der Waals surface area (Å²) in [5.41, 5.74) is -0.984. The van der Waals surface area contributed by atoms with Crippen molar-refractivity contribution < 1.29 is 52.5 Å². The number of carbonyl (C=O) groups is 2. The molecule has 1 aliphatic rings. The molecular weight excluding hydrogens is 472 g/mol. The molecule has 1 aliphatic heterocycles. The number of carbonyl (C=O) groups excluding carboxylic acids is 2. The molecule has 5 N–H and O–H groups in total. The van der Waals surface area contributed by atoms with Crippen LogP contribution in [0.1, 0.15) is 45.4 Å². The topological polar surface area (TPSA) is 207 Å². The molecule has 14 nitrogen and oxygen atoms in total. The fourth-order valence-corrected chi connectivity index (χ4v) is 3.77. The average Bonchev–Trinajstić information content (AvgIpc) is 2.93. The molecule has 2 rings (SSSR count). The molecule has 1 fully saturated rings. The van der Waals surface area contributed by atoms with E-state index in [4.69, 9.17) is 19.3 Å². The van der Waals surface area contributed by atoms with E-state index < -0.39 is 75.2 Å². The summed E-state index contributed by atoms with van der Waals surface area (Å²) in [7, 11) is -5.23. The first-order valence-electron chi connectivity index (χ1n) is 9.65. The van der Waals surface area contributed by atoms with Crippen LogP contribution in [0.25, 0.3) is 0 Å². The Morgan fingerprint density at radius 1 is 1.33 bits per heavy atom. The molecule has 1 amide bonds. The molecule has 5 atom stereocenters. The lowest BCUT2D eigenvalue weighted by Gasteiger charge is -2.27. The van der Waals surface area contributed by atoms with Gasteiger partial charge in [0.2, 0.25) is 11.8 Å². The van der Waals surface area contributed by atoms with Crippen LogP contribution in [0, 0.1) is 0 Å². The second-order valence-electron chi connectivity index (χ2n) is 7.33. The summed E-state index contributed by atoms with van der Waals surface area (Å²) in [6.45, 7) is 3.11. The zero-order valence-electron chi connectivity index (χ0n) is 17.9. The van der Waals surface area contributed by atoms with Crippen molar-refractivity contribution >= 4 is 25.5 Å². The van der Waals surface area contributed by atoms with Gasteiger partial charge in [-0.15, -0.1) is 0 Å².